The van der Waals surface area contributed by atoms with Gasteiger partial charge in [0.1, 0.15) is 5.82 Å². The monoisotopic (exact) mass is 485 g/mol. The number of nitrogens with zero attached hydrogens (tertiary/aromatic N) is 4. The zero-order chi connectivity index (χ0) is 22.5. The smallest absolute Gasteiger partial charge is 0.234 e. The molecule has 0 saturated heterocycles. The van der Waals surface area contributed by atoms with E-state index in [1.807, 2.05) is 30.3 Å². The molecule has 8 nitrogen and oxygen atoms in total. The number of carbonyl (C=O) groups excluding carboxylic acids is 1. The van der Waals surface area contributed by atoms with Gasteiger partial charge in [0.15, 0.2) is 5.13 Å². The van der Waals surface area contributed by atoms with Gasteiger partial charge in [0.05, 0.1) is 16.5 Å². The number of aryl methyl sites for hydroxylation is 1. The number of rotatable bonds is 7. The second-order valence-corrected chi connectivity index (χ2v) is 8.56. The first-order chi connectivity index (χ1) is 15.4. The fourth-order valence-corrected chi connectivity index (χ4v) is 3.83. The number of aromatic nitrogens is 4. The first-order valence-corrected chi connectivity index (χ1v) is 11.0. The van der Waals surface area contributed by atoms with E-state index in [-0.39, 0.29) is 12.3 Å². The molecule has 11 heteroatoms. The van der Waals surface area contributed by atoms with Crippen molar-refractivity contribution in [3.63, 3.8) is 0 Å². The first-order valence-electron chi connectivity index (χ1n) is 9.46. The lowest BCUT2D eigenvalue weighted by atomic mass is 10.3. The molecule has 4 rings (SSSR count). The van der Waals surface area contributed by atoms with Crippen molar-refractivity contribution in [3.05, 3.63) is 75.5 Å². The van der Waals surface area contributed by atoms with Gasteiger partial charge in [-0.1, -0.05) is 41.4 Å². The Morgan fingerprint density at radius 3 is 2.44 bits per heavy atom. The molecule has 4 aromatic rings. The summed E-state index contributed by atoms with van der Waals surface area (Å²) in [6.45, 7) is 1.76. The van der Waals surface area contributed by atoms with Gasteiger partial charge in [0, 0.05) is 22.4 Å². The van der Waals surface area contributed by atoms with Crippen molar-refractivity contribution in [1.82, 2.24) is 19.9 Å². The zero-order valence-corrected chi connectivity index (χ0v) is 19.1. The average Bonchev–Trinajstić information content (AvgIpc) is 3.17. The van der Waals surface area contributed by atoms with Crippen molar-refractivity contribution in [2.75, 3.05) is 16.0 Å². The molecule has 0 aliphatic heterocycles. The standard InChI is InChI=1S/C21H17Cl2N7OS/c1-12-25-19(28-14-7-8-16(22)17(23)9-14)29-20(26-12)30-21-24-11-15(32-21)10-18(31)27-13-5-3-2-4-6-13/h2-9,11H,10H2,1H3,(H,27,31)(H2,24,25,26,28,29,30). The van der Waals surface area contributed by atoms with Crippen LogP contribution in [0.1, 0.15) is 10.7 Å². The van der Waals surface area contributed by atoms with Crippen molar-refractivity contribution >= 4 is 68.8 Å². The Hall–Kier alpha value is -3.27. The summed E-state index contributed by atoms with van der Waals surface area (Å²) in [5.74, 6) is 1.08. The molecule has 0 bridgehead atoms. The van der Waals surface area contributed by atoms with Crippen LogP contribution in [0.3, 0.4) is 0 Å². The number of amides is 1. The lowest BCUT2D eigenvalue weighted by molar-refractivity contribution is -0.115. The van der Waals surface area contributed by atoms with E-state index in [9.17, 15) is 4.79 Å². The van der Waals surface area contributed by atoms with Crippen molar-refractivity contribution in [1.29, 1.82) is 0 Å². The fourth-order valence-electron chi connectivity index (χ4n) is 2.72. The maximum atomic E-state index is 12.2. The third-order valence-corrected chi connectivity index (χ3v) is 5.74. The van der Waals surface area contributed by atoms with E-state index in [0.29, 0.717) is 38.6 Å². The van der Waals surface area contributed by atoms with Crippen LogP contribution in [0.4, 0.5) is 28.4 Å². The molecule has 2 aromatic carbocycles. The summed E-state index contributed by atoms with van der Waals surface area (Å²) >= 11 is 13.4. The van der Waals surface area contributed by atoms with Crippen LogP contribution in [0.2, 0.25) is 10.0 Å². The van der Waals surface area contributed by atoms with E-state index >= 15 is 0 Å². The lowest BCUT2D eigenvalue weighted by Crippen LogP contribution is -2.13. The van der Waals surface area contributed by atoms with Gasteiger partial charge in [-0.05, 0) is 37.3 Å². The molecule has 0 fully saturated rings. The van der Waals surface area contributed by atoms with E-state index < -0.39 is 0 Å². The molecule has 0 saturated carbocycles. The Morgan fingerprint density at radius 1 is 0.938 bits per heavy atom. The quantitative estimate of drug-likeness (QED) is 0.312. The van der Waals surface area contributed by atoms with Crippen molar-refractivity contribution < 1.29 is 4.79 Å². The highest BCUT2D eigenvalue weighted by molar-refractivity contribution is 7.15. The third kappa shape index (κ3) is 5.91. The van der Waals surface area contributed by atoms with Crippen LogP contribution in [0.15, 0.2) is 54.7 Å². The fraction of sp³-hybridized carbons (Fsp3) is 0.0952. The normalized spacial score (nSPS) is 10.6. The third-order valence-electron chi connectivity index (χ3n) is 4.09. The van der Waals surface area contributed by atoms with Crippen LogP contribution >= 0.6 is 34.5 Å². The summed E-state index contributed by atoms with van der Waals surface area (Å²) in [4.78, 5) is 30.3. The van der Waals surface area contributed by atoms with Crippen LogP contribution in [0.5, 0.6) is 0 Å². The maximum Gasteiger partial charge on any atom is 0.234 e. The van der Waals surface area contributed by atoms with E-state index in [1.54, 1.807) is 31.3 Å². The van der Waals surface area contributed by atoms with Crippen LogP contribution in [-0.4, -0.2) is 25.8 Å². The summed E-state index contributed by atoms with van der Waals surface area (Å²) in [5.41, 5.74) is 1.44. The van der Waals surface area contributed by atoms with E-state index in [0.717, 1.165) is 10.6 Å². The second-order valence-electron chi connectivity index (χ2n) is 6.63. The highest BCUT2D eigenvalue weighted by Gasteiger charge is 2.11. The Morgan fingerprint density at radius 2 is 1.69 bits per heavy atom. The van der Waals surface area contributed by atoms with Gasteiger partial charge in [-0.25, -0.2) is 4.98 Å². The molecule has 1 amide bonds. The van der Waals surface area contributed by atoms with E-state index in [4.69, 9.17) is 23.2 Å². The Bertz CT molecular complexity index is 1250. The Balaban J connectivity index is 1.41. The van der Waals surface area contributed by atoms with Crippen molar-refractivity contribution in [2.24, 2.45) is 0 Å². The number of hydrogen-bond donors (Lipinski definition) is 3. The molecule has 0 spiro atoms. The number of para-hydroxylation sites is 1. The molecule has 2 heterocycles. The lowest BCUT2D eigenvalue weighted by Gasteiger charge is -2.08. The summed E-state index contributed by atoms with van der Waals surface area (Å²) < 4.78 is 0. The topological polar surface area (TPSA) is 105 Å². The van der Waals surface area contributed by atoms with Gasteiger partial charge in [0.25, 0.3) is 0 Å². The molecule has 0 radical (unpaired) electrons. The summed E-state index contributed by atoms with van der Waals surface area (Å²) in [7, 11) is 0. The summed E-state index contributed by atoms with van der Waals surface area (Å²) in [6.07, 6.45) is 1.87. The van der Waals surface area contributed by atoms with Gasteiger partial charge in [-0.3, -0.25) is 10.1 Å². The number of thiazole rings is 1. The predicted octanol–water partition coefficient (Wildman–Crippen LogP) is 5.61. The van der Waals surface area contributed by atoms with Gasteiger partial charge in [-0.15, -0.1) is 11.3 Å². The molecular formula is C21H17Cl2N7OS. The van der Waals surface area contributed by atoms with Crippen molar-refractivity contribution in [2.45, 2.75) is 13.3 Å². The number of hydrogen-bond acceptors (Lipinski definition) is 8. The minimum Gasteiger partial charge on any atom is -0.326 e. The molecule has 0 aliphatic rings. The average molecular weight is 486 g/mol. The summed E-state index contributed by atoms with van der Waals surface area (Å²) in [6, 6.07) is 14.4. The highest BCUT2D eigenvalue weighted by Crippen LogP contribution is 2.27. The molecule has 0 atom stereocenters. The molecular weight excluding hydrogens is 469 g/mol. The van der Waals surface area contributed by atoms with Gasteiger partial charge >= 0.3 is 0 Å². The van der Waals surface area contributed by atoms with Gasteiger partial charge < -0.3 is 10.6 Å². The van der Waals surface area contributed by atoms with E-state index in [2.05, 4.69) is 35.9 Å². The molecule has 2 aromatic heterocycles. The minimum absolute atomic E-state index is 0.115. The Labute approximate surface area is 198 Å². The number of halogens is 2. The first kappa shape index (κ1) is 21.9. The number of benzene rings is 2. The van der Waals surface area contributed by atoms with Crippen LogP contribution in [0.25, 0.3) is 0 Å². The van der Waals surface area contributed by atoms with Crippen LogP contribution in [-0.2, 0) is 11.2 Å². The van der Waals surface area contributed by atoms with E-state index in [1.165, 1.54) is 11.3 Å². The largest absolute Gasteiger partial charge is 0.326 e. The van der Waals surface area contributed by atoms with Gasteiger partial charge in [0.2, 0.25) is 17.8 Å². The van der Waals surface area contributed by atoms with Gasteiger partial charge in [-0.2, -0.15) is 15.0 Å². The minimum atomic E-state index is -0.115. The SMILES string of the molecule is Cc1nc(Nc2ccc(Cl)c(Cl)c2)nc(Nc2ncc(CC(=O)Nc3ccccc3)s2)n1. The molecule has 0 aliphatic carbocycles. The molecule has 32 heavy (non-hydrogen) atoms. The second kappa shape index (κ2) is 9.90. The zero-order valence-electron chi connectivity index (χ0n) is 16.8. The maximum absolute atomic E-state index is 12.2. The summed E-state index contributed by atoms with van der Waals surface area (Å²) in [5, 5.41) is 10.4. The van der Waals surface area contributed by atoms with Crippen LogP contribution < -0.4 is 16.0 Å². The number of nitrogens with one attached hydrogen (secondary N) is 3. The van der Waals surface area contributed by atoms with Crippen molar-refractivity contribution in [3.8, 4) is 0 Å². The number of carbonyl (C=O) groups is 1. The Kier molecular flexibility index (Phi) is 6.79. The molecule has 0 unspecified atom stereocenters. The molecule has 3 N–H and O–H groups in total. The van der Waals surface area contributed by atoms with Crippen LogP contribution in [0, 0.1) is 6.92 Å². The number of anilines is 5. The highest BCUT2D eigenvalue weighted by atomic mass is 35.5. The molecule has 162 valence electrons. The predicted molar refractivity (Wildman–Crippen MR) is 128 cm³/mol.